The van der Waals surface area contributed by atoms with E-state index >= 15 is 0 Å². The highest BCUT2D eigenvalue weighted by Crippen LogP contribution is 2.37. The van der Waals surface area contributed by atoms with Gasteiger partial charge in [-0.3, -0.25) is 0 Å². The van der Waals surface area contributed by atoms with Gasteiger partial charge in [-0.2, -0.15) is 0 Å². The summed E-state index contributed by atoms with van der Waals surface area (Å²) in [6, 6.07) is 0.553. The Bertz CT molecular complexity index is 602. The summed E-state index contributed by atoms with van der Waals surface area (Å²) in [6.07, 6.45) is 3.44. The summed E-state index contributed by atoms with van der Waals surface area (Å²) >= 11 is 1.68. The molecular weight excluding hydrogens is 258 g/mol. The van der Waals surface area contributed by atoms with E-state index in [1.165, 1.54) is 12.8 Å². The molecule has 1 saturated heterocycles. The largest absolute Gasteiger partial charge is 0.316 e. The fourth-order valence-electron chi connectivity index (χ4n) is 3.34. The highest BCUT2D eigenvalue weighted by Gasteiger charge is 2.34. The number of hydrogen-bond donors (Lipinski definition) is 1. The predicted molar refractivity (Wildman–Crippen MR) is 74.2 cm³/mol. The lowest BCUT2D eigenvalue weighted by molar-refractivity contribution is 0.215. The van der Waals surface area contributed by atoms with Crippen molar-refractivity contribution in [1.29, 1.82) is 0 Å². The van der Waals surface area contributed by atoms with Gasteiger partial charge in [0.25, 0.3) is 0 Å². The van der Waals surface area contributed by atoms with Gasteiger partial charge in [-0.25, -0.2) is 4.98 Å². The summed E-state index contributed by atoms with van der Waals surface area (Å²) in [4.78, 5) is 4.58. The molecule has 0 aromatic carbocycles. The Balaban J connectivity index is 1.81. The van der Waals surface area contributed by atoms with E-state index in [1.54, 1.807) is 11.3 Å². The van der Waals surface area contributed by atoms with E-state index in [9.17, 15) is 0 Å². The van der Waals surface area contributed by atoms with Crippen LogP contribution in [0.25, 0.3) is 11.5 Å². The Morgan fingerprint density at radius 1 is 1.37 bits per heavy atom. The molecule has 2 aromatic heterocycles. The molecule has 0 bridgehead atoms. The lowest BCUT2D eigenvalue weighted by Gasteiger charge is -2.37. The van der Waals surface area contributed by atoms with Crippen LogP contribution in [0.3, 0.4) is 0 Å². The number of piperidine rings is 1. The second kappa shape index (κ2) is 4.38. The van der Waals surface area contributed by atoms with E-state index < -0.39 is 0 Å². The number of fused-ring (bicyclic) bond motifs is 3. The van der Waals surface area contributed by atoms with Crippen LogP contribution >= 0.6 is 11.3 Å². The molecule has 1 fully saturated rings. The first-order valence-corrected chi connectivity index (χ1v) is 7.78. The molecule has 2 aliphatic rings. The number of rotatable bonds is 1. The molecule has 2 aliphatic heterocycles. The minimum Gasteiger partial charge on any atom is -0.316 e. The number of aryl methyl sites for hydroxylation is 2. The summed E-state index contributed by atoms with van der Waals surface area (Å²) in [6.45, 7) is 4.25. The van der Waals surface area contributed by atoms with E-state index in [-0.39, 0.29) is 0 Å². The molecule has 0 saturated carbocycles. The van der Waals surface area contributed by atoms with Crippen molar-refractivity contribution in [3.8, 4) is 11.5 Å². The lowest BCUT2D eigenvalue weighted by atomic mass is 9.86. The van der Waals surface area contributed by atoms with Crippen LogP contribution in [0.15, 0.2) is 5.38 Å². The van der Waals surface area contributed by atoms with Gasteiger partial charge in [-0.15, -0.1) is 21.5 Å². The van der Waals surface area contributed by atoms with Gasteiger partial charge in [-0.05, 0) is 38.8 Å². The average Bonchev–Trinajstić information content (AvgIpc) is 3.04. The minimum absolute atomic E-state index is 0.553. The maximum atomic E-state index is 4.58. The fraction of sp³-hybridized carbons (Fsp3) is 0.615. The number of nitrogens with zero attached hydrogens (tertiary/aromatic N) is 4. The van der Waals surface area contributed by atoms with Gasteiger partial charge >= 0.3 is 0 Å². The van der Waals surface area contributed by atoms with Gasteiger partial charge in [-0.1, -0.05) is 0 Å². The van der Waals surface area contributed by atoms with Crippen LogP contribution in [0, 0.1) is 12.8 Å². The van der Waals surface area contributed by atoms with E-state index in [4.69, 9.17) is 0 Å². The third-order valence-corrected chi connectivity index (χ3v) is 5.03. The molecule has 19 heavy (non-hydrogen) atoms. The van der Waals surface area contributed by atoms with Crippen molar-refractivity contribution in [2.24, 2.45) is 5.92 Å². The molecule has 0 radical (unpaired) electrons. The van der Waals surface area contributed by atoms with Crippen LogP contribution in [0.4, 0.5) is 0 Å². The molecule has 4 rings (SSSR count). The van der Waals surface area contributed by atoms with Gasteiger partial charge in [0.05, 0.1) is 5.01 Å². The Hall–Kier alpha value is -1.27. The molecule has 100 valence electrons. The molecule has 2 atom stereocenters. The van der Waals surface area contributed by atoms with Crippen molar-refractivity contribution in [2.75, 3.05) is 13.1 Å². The normalized spacial score (nSPS) is 25.9. The average molecular weight is 275 g/mol. The highest BCUT2D eigenvalue weighted by atomic mass is 32.1. The molecule has 0 aliphatic carbocycles. The van der Waals surface area contributed by atoms with Gasteiger partial charge in [0, 0.05) is 17.8 Å². The number of hydrogen-bond acceptors (Lipinski definition) is 5. The molecule has 2 aromatic rings. The first kappa shape index (κ1) is 11.5. The summed E-state index contributed by atoms with van der Waals surface area (Å²) < 4.78 is 2.36. The van der Waals surface area contributed by atoms with Gasteiger partial charge in [0.1, 0.15) is 11.5 Å². The zero-order valence-electron chi connectivity index (χ0n) is 11.0. The maximum Gasteiger partial charge on any atom is 0.183 e. The Labute approximate surface area is 116 Å². The van der Waals surface area contributed by atoms with Gasteiger partial charge in [0.2, 0.25) is 0 Å². The van der Waals surface area contributed by atoms with E-state index in [0.717, 1.165) is 47.8 Å². The monoisotopic (exact) mass is 275 g/mol. The molecule has 0 spiro atoms. The molecule has 6 heteroatoms. The van der Waals surface area contributed by atoms with E-state index in [1.807, 2.05) is 6.92 Å². The molecule has 4 heterocycles. The topological polar surface area (TPSA) is 55.6 Å². The highest BCUT2D eigenvalue weighted by molar-refractivity contribution is 7.09. The summed E-state index contributed by atoms with van der Waals surface area (Å²) in [5, 5.41) is 15.5. The third kappa shape index (κ3) is 1.81. The Morgan fingerprint density at radius 3 is 3.16 bits per heavy atom. The third-order valence-electron chi connectivity index (χ3n) is 4.25. The fourth-order valence-corrected chi connectivity index (χ4v) is 3.93. The maximum absolute atomic E-state index is 4.58. The molecule has 0 amide bonds. The smallest absolute Gasteiger partial charge is 0.183 e. The van der Waals surface area contributed by atoms with Crippen molar-refractivity contribution in [3.63, 3.8) is 0 Å². The molecule has 0 unspecified atom stereocenters. The molecule has 1 N–H and O–H groups in total. The van der Waals surface area contributed by atoms with Crippen molar-refractivity contribution in [3.05, 3.63) is 16.2 Å². The SMILES string of the molecule is Cc1nc(-c2nnc3n2[C@@H]2CCNC[C@@H]2CC3)cs1. The Morgan fingerprint density at radius 2 is 2.32 bits per heavy atom. The van der Waals surface area contributed by atoms with Crippen LogP contribution in [0.2, 0.25) is 0 Å². The number of aromatic nitrogens is 4. The second-order valence-electron chi connectivity index (χ2n) is 5.42. The summed E-state index contributed by atoms with van der Waals surface area (Å²) in [7, 11) is 0. The van der Waals surface area contributed by atoms with Gasteiger partial charge in [0.15, 0.2) is 5.82 Å². The predicted octanol–water partition coefficient (Wildman–Crippen LogP) is 1.81. The van der Waals surface area contributed by atoms with Gasteiger partial charge < -0.3 is 9.88 Å². The van der Waals surface area contributed by atoms with Crippen LogP contribution in [-0.2, 0) is 6.42 Å². The summed E-state index contributed by atoms with van der Waals surface area (Å²) in [5.41, 5.74) is 0.987. The van der Waals surface area contributed by atoms with Crippen molar-refractivity contribution in [2.45, 2.75) is 32.2 Å². The zero-order chi connectivity index (χ0) is 12.8. The zero-order valence-corrected chi connectivity index (χ0v) is 11.8. The van der Waals surface area contributed by atoms with E-state index in [0.29, 0.717) is 6.04 Å². The lowest BCUT2D eigenvalue weighted by Crippen LogP contribution is -2.41. The van der Waals surface area contributed by atoms with Crippen molar-refractivity contribution in [1.82, 2.24) is 25.1 Å². The van der Waals surface area contributed by atoms with Crippen LogP contribution in [-0.4, -0.2) is 32.8 Å². The molecule has 5 nitrogen and oxygen atoms in total. The van der Waals surface area contributed by atoms with E-state index in [2.05, 4.69) is 30.4 Å². The molecular formula is C13H17N5S. The first-order chi connectivity index (χ1) is 9.33. The van der Waals surface area contributed by atoms with Crippen molar-refractivity contribution >= 4 is 11.3 Å². The summed E-state index contributed by atoms with van der Waals surface area (Å²) in [5.74, 6) is 2.83. The number of nitrogens with one attached hydrogen (secondary N) is 1. The quantitative estimate of drug-likeness (QED) is 0.862. The van der Waals surface area contributed by atoms with Crippen LogP contribution in [0.1, 0.15) is 29.7 Å². The second-order valence-corrected chi connectivity index (χ2v) is 6.48. The van der Waals surface area contributed by atoms with Crippen LogP contribution in [0.5, 0.6) is 0 Å². The first-order valence-electron chi connectivity index (χ1n) is 6.90. The van der Waals surface area contributed by atoms with Crippen molar-refractivity contribution < 1.29 is 0 Å². The Kier molecular flexibility index (Phi) is 2.66. The number of thiazole rings is 1. The standard InChI is InChI=1S/C13H17N5S/c1-8-15-10(7-19-8)13-17-16-12-3-2-9-6-14-5-4-11(9)18(12)13/h7,9,11,14H,2-6H2,1H3/t9-,11+/m0/s1. The minimum atomic E-state index is 0.553. The van der Waals surface area contributed by atoms with Crippen LogP contribution < -0.4 is 5.32 Å².